The molecular formula is C13H15ClN4O4S. The van der Waals surface area contributed by atoms with Gasteiger partial charge in [-0.25, -0.2) is 23.1 Å². The zero-order chi connectivity index (χ0) is 16.3. The van der Waals surface area contributed by atoms with Gasteiger partial charge in [0.15, 0.2) is 0 Å². The monoisotopic (exact) mass is 358 g/mol. The van der Waals surface area contributed by atoms with Crippen molar-refractivity contribution >= 4 is 21.6 Å². The van der Waals surface area contributed by atoms with E-state index in [1.165, 1.54) is 18.6 Å². The number of ether oxygens (including phenoxy) is 1. The zero-order valence-corrected chi connectivity index (χ0v) is 13.6. The maximum absolute atomic E-state index is 12.1. The Morgan fingerprint density at radius 2 is 1.87 bits per heavy atom. The summed E-state index contributed by atoms with van der Waals surface area (Å²) in [6.07, 6.45) is 7.96. The summed E-state index contributed by atoms with van der Waals surface area (Å²) in [7, 11) is -3.58. The van der Waals surface area contributed by atoms with Crippen molar-refractivity contribution in [3.63, 3.8) is 0 Å². The summed E-state index contributed by atoms with van der Waals surface area (Å²) < 4.78 is 37.1. The average Bonchev–Trinajstić information content (AvgIpc) is 3.07. The van der Waals surface area contributed by atoms with Crippen LogP contribution >= 0.6 is 11.6 Å². The van der Waals surface area contributed by atoms with Gasteiger partial charge in [-0.2, -0.15) is 0 Å². The molecule has 2 heterocycles. The van der Waals surface area contributed by atoms with E-state index in [0.717, 1.165) is 6.26 Å². The highest BCUT2D eigenvalue weighted by atomic mass is 35.5. The lowest BCUT2D eigenvalue weighted by molar-refractivity contribution is 0.132. The maximum Gasteiger partial charge on any atom is 0.316 e. The number of sulfonamides is 1. The lowest BCUT2D eigenvalue weighted by Crippen LogP contribution is -2.39. The Kier molecular flexibility index (Phi) is 4.79. The Balaban J connectivity index is 1.51. The van der Waals surface area contributed by atoms with Gasteiger partial charge in [-0.15, -0.1) is 0 Å². The molecule has 124 valence electrons. The van der Waals surface area contributed by atoms with Gasteiger partial charge in [0.1, 0.15) is 17.3 Å². The molecule has 2 aromatic heterocycles. The topological polar surface area (TPSA) is 107 Å². The summed E-state index contributed by atoms with van der Waals surface area (Å²) in [6, 6.07) is 0.142. The maximum atomic E-state index is 12.1. The third-order valence-corrected chi connectivity index (χ3v) is 5.25. The van der Waals surface area contributed by atoms with E-state index in [0.29, 0.717) is 30.7 Å². The van der Waals surface area contributed by atoms with E-state index in [-0.39, 0.29) is 23.1 Å². The van der Waals surface area contributed by atoms with Gasteiger partial charge >= 0.3 is 6.01 Å². The van der Waals surface area contributed by atoms with E-state index in [1.807, 2.05) is 0 Å². The van der Waals surface area contributed by atoms with Crippen LogP contribution in [0.15, 0.2) is 34.3 Å². The van der Waals surface area contributed by atoms with Crippen LogP contribution in [0.3, 0.4) is 0 Å². The second-order valence-electron chi connectivity index (χ2n) is 5.26. The third kappa shape index (κ3) is 4.18. The molecule has 0 saturated heterocycles. The van der Waals surface area contributed by atoms with Crippen molar-refractivity contribution in [2.75, 3.05) is 0 Å². The summed E-state index contributed by atoms with van der Waals surface area (Å²) in [4.78, 5) is 8.01. The molecule has 8 nitrogen and oxygen atoms in total. The normalized spacial score (nSPS) is 22.0. The van der Waals surface area contributed by atoms with Crippen molar-refractivity contribution in [3.05, 3.63) is 29.9 Å². The molecule has 10 heteroatoms. The first kappa shape index (κ1) is 16.2. The summed E-state index contributed by atoms with van der Waals surface area (Å²) in [5.74, 6) is 0. The predicted octanol–water partition coefficient (Wildman–Crippen LogP) is 1.79. The fraction of sp³-hybridized carbons (Fsp3) is 0.462. The van der Waals surface area contributed by atoms with Crippen LogP contribution in [0, 0.1) is 0 Å². The largest absolute Gasteiger partial charge is 0.460 e. The number of hydrogen-bond donors (Lipinski definition) is 1. The van der Waals surface area contributed by atoms with Crippen molar-refractivity contribution in [3.8, 4) is 6.01 Å². The first-order chi connectivity index (χ1) is 11.0. The van der Waals surface area contributed by atoms with Crippen molar-refractivity contribution in [1.29, 1.82) is 0 Å². The van der Waals surface area contributed by atoms with Gasteiger partial charge in [-0.05, 0) is 25.7 Å². The molecule has 1 N–H and O–H groups in total. The van der Waals surface area contributed by atoms with Crippen LogP contribution in [-0.4, -0.2) is 35.7 Å². The second-order valence-corrected chi connectivity index (χ2v) is 7.41. The number of nitrogens with one attached hydrogen (secondary N) is 1. The molecule has 1 aliphatic rings. The van der Waals surface area contributed by atoms with E-state index in [1.54, 1.807) is 0 Å². The van der Waals surface area contributed by atoms with Gasteiger partial charge < -0.3 is 9.26 Å². The van der Waals surface area contributed by atoms with Gasteiger partial charge in [0.2, 0.25) is 10.0 Å². The molecule has 0 aliphatic heterocycles. The van der Waals surface area contributed by atoms with Crippen LogP contribution in [0.4, 0.5) is 0 Å². The molecule has 1 aliphatic carbocycles. The van der Waals surface area contributed by atoms with Gasteiger partial charge in [0.25, 0.3) is 0 Å². The van der Waals surface area contributed by atoms with Crippen molar-refractivity contribution in [2.45, 2.75) is 42.7 Å². The number of rotatable bonds is 5. The lowest BCUT2D eigenvalue weighted by atomic mass is 9.94. The van der Waals surface area contributed by atoms with Gasteiger partial charge in [0, 0.05) is 6.04 Å². The fourth-order valence-electron chi connectivity index (χ4n) is 2.42. The summed E-state index contributed by atoms with van der Waals surface area (Å²) in [5, 5.41) is 3.86. The Morgan fingerprint density at radius 1 is 1.17 bits per heavy atom. The van der Waals surface area contributed by atoms with Crippen LogP contribution in [0.25, 0.3) is 0 Å². The highest BCUT2D eigenvalue weighted by Crippen LogP contribution is 2.23. The summed E-state index contributed by atoms with van der Waals surface area (Å²) >= 11 is 5.72. The van der Waals surface area contributed by atoms with Crippen LogP contribution in [0.2, 0.25) is 5.02 Å². The van der Waals surface area contributed by atoms with Gasteiger partial charge in [0.05, 0.1) is 23.6 Å². The molecule has 2 aromatic rings. The zero-order valence-electron chi connectivity index (χ0n) is 12.1. The molecule has 0 unspecified atom stereocenters. The Hall–Kier alpha value is -1.71. The standard InChI is InChI=1S/C13H15ClN4O4S/c14-9-5-15-13(16-6-9)22-11-3-1-10(2-4-11)18-23(19,20)12-7-17-21-8-12/h5-8,10-11,18H,1-4H2. The molecule has 0 bridgehead atoms. The Bertz CT molecular complexity index is 728. The molecule has 3 rings (SSSR count). The lowest BCUT2D eigenvalue weighted by Gasteiger charge is -2.28. The minimum atomic E-state index is -3.58. The van der Waals surface area contributed by atoms with Crippen LogP contribution in [0.5, 0.6) is 6.01 Å². The molecule has 23 heavy (non-hydrogen) atoms. The molecule has 1 saturated carbocycles. The number of halogens is 1. The quantitative estimate of drug-likeness (QED) is 0.867. The SMILES string of the molecule is O=S(=O)(NC1CCC(Oc2ncc(Cl)cn2)CC1)c1cnoc1. The van der Waals surface area contributed by atoms with Crippen LogP contribution < -0.4 is 9.46 Å². The minimum absolute atomic E-state index is 0.0328. The number of aromatic nitrogens is 3. The molecule has 0 aromatic carbocycles. The first-order valence-corrected chi connectivity index (χ1v) is 8.95. The van der Waals surface area contributed by atoms with Gasteiger partial charge in [-0.3, -0.25) is 0 Å². The minimum Gasteiger partial charge on any atom is -0.460 e. The summed E-state index contributed by atoms with van der Waals surface area (Å²) in [6.45, 7) is 0. The number of hydrogen-bond acceptors (Lipinski definition) is 7. The van der Waals surface area contributed by atoms with Crippen LogP contribution in [-0.2, 0) is 10.0 Å². The molecular weight excluding hydrogens is 344 g/mol. The van der Waals surface area contributed by atoms with E-state index in [9.17, 15) is 8.42 Å². The summed E-state index contributed by atoms with van der Waals surface area (Å²) in [5.41, 5.74) is 0. The Morgan fingerprint density at radius 3 is 2.48 bits per heavy atom. The first-order valence-electron chi connectivity index (χ1n) is 7.09. The second kappa shape index (κ2) is 6.81. The molecule has 1 fully saturated rings. The molecule has 0 radical (unpaired) electrons. The highest BCUT2D eigenvalue weighted by molar-refractivity contribution is 7.89. The van der Waals surface area contributed by atoms with Gasteiger partial charge in [-0.1, -0.05) is 16.8 Å². The third-order valence-electron chi connectivity index (χ3n) is 3.58. The molecule has 0 atom stereocenters. The number of nitrogens with zero attached hydrogens (tertiary/aromatic N) is 3. The van der Waals surface area contributed by atoms with E-state index in [4.69, 9.17) is 16.3 Å². The molecule has 0 amide bonds. The van der Waals surface area contributed by atoms with Crippen LogP contribution in [0.1, 0.15) is 25.7 Å². The predicted molar refractivity (Wildman–Crippen MR) is 80.5 cm³/mol. The van der Waals surface area contributed by atoms with Crippen molar-refractivity contribution in [1.82, 2.24) is 19.8 Å². The van der Waals surface area contributed by atoms with E-state index >= 15 is 0 Å². The average molecular weight is 359 g/mol. The highest BCUT2D eigenvalue weighted by Gasteiger charge is 2.27. The molecule has 0 spiro atoms. The smallest absolute Gasteiger partial charge is 0.316 e. The van der Waals surface area contributed by atoms with Crippen molar-refractivity contribution in [2.24, 2.45) is 0 Å². The fourth-order valence-corrected chi connectivity index (χ4v) is 3.68. The van der Waals surface area contributed by atoms with Crippen molar-refractivity contribution < 1.29 is 17.7 Å². The van der Waals surface area contributed by atoms with E-state index < -0.39 is 10.0 Å². The van der Waals surface area contributed by atoms with E-state index in [2.05, 4.69) is 24.4 Å². The Labute approximate surface area is 138 Å².